The molecule has 7 heteroatoms. The average molecular weight is 368 g/mol. The third kappa shape index (κ3) is 5.07. The third-order valence-electron chi connectivity index (χ3n) is 4.11. The van der Waals surface area contributed by atoms with Crippen LogP contribution in [0.5, 0.6) is 0 Å². The van der Waals surface area contributed by atoms with Crippen LogP contribution in [0.15, 0.2) is 60.7 Å². The number of benzene rings is 2. The SMILES string of the molecule is O=C(N[C@@H](Cc1ccccc1)C(=O)N1CCOC1=O)OCc1ccccc1. The molecule has 0 spiro atoms. The molecule has 0 aliphatic carbocycles. The van der Waals surface area contributed by atoms with Gasteiger partial charge in [-0.3, -0.25) is 4.79 Å². The molecule has 0 radical (unpaired) electrons. The summed E-state index contributed by atoms with van der Waals surface area (Å²) in [5, 5.41) is 2.57. The molecule has 2 aromatic carbocycles. The molecule has 0 bridgehead atoms. The molecule has 0 aromatic heterocycles. The van der Waals surface area contributed by atoms with E-state index in [1.165, 1.54) is 0 Å². The first-order chi connectivity index (χ1) is 13.1. The molecule has 0 saturated carbocycles. The number of carbonyl (C=O) groups is 3. The van der Waals surface area contributed by atoms with Gasteiger partial charge in [-0.1, -0.05) is 60.7 Å². The van der Waals surface area contributed by atoms with Crippen molar-refractivity contribution in [1.82, 2.24) is 10.2 Å². The minimum Gasteiger partial charge on any atom is -0.447 e. The van der Waals surface area contributed by atoms with Crippen LogP contribution in [0.2, 0.25) is 0 Å². The van der Waals surface area contributed by atoms with Crippen LogP contribution in [0, 0.1) is 0 Å². The molecule has 1 saturated heterocycles. The zero-order chi connectivity index (χ0) is 19.1. The van der Waals surface area contributed by atoms with Gasteiger partial charge in [0.1, 0.15) is 19.3 Å². The molecule has 0 unspecified atom stereocenters. The molecule has 140 valence electrons. The van der Waals surface area contributed by atoms with Gasteiger partial charge >= 0.3 is 12.2 Å². The van der Waals surface area contributed by atoms with Gasteiger partial charge < -0.3 is 14.8 Å². The number of imide groups is 1. The number of hydrogen-bond donors (Lipinski definition) is 1. The van der Waals surface area contributed by atoms with Crippen LogP contribution in [0.1, 0.15) is 11.1 Å². The van der Waals surface area contributed by atoms with Gasteiger partial charge in [-0.25, -0.2) is 14.5 Å². The van der Waals surface area contributed by atoms with Gasteiger partial charge in [0.25, 0.3) is 5.91 Å². The van der Waals surface area contributed by atoms with Crippen molar-refractivity contribution < 1.29 is 23.9 Å². The summed E-state index contributed by atoms with van der Waals surface area (Å²) in [4.78, 5) is 37.6. The second-order valence-corrected chi connectivity index (χ2v) is 6.05. The Kier molecular flexibility index (Phi) is 6.04. The van der Waals surface area contributed by atoms with E-state index in [-0.39, 0.29) is 26.2 Å². The van der Waals surface area contributed by atoms with Crippen LogP contribution in [-0.2, 0) is 27.3 Å². The number of nitrogens with one attached hydrogen (secondary N) is 1. The monoisotopic (exact) mass is 368 g/mol. The van der Waals surface area contributed by atoms with Crippen LogP contribution in [0.4, 0.5) is 9.59 Å². The van der Waals surface area contributed by atoms with Crippen molar-refractivity contribution in [3.8, 4) is 0 Å². The van der Waals surface area contributed by atoms with Crippen LogP contribution in [0.3, 0.4) is 0 Å². The summed E-state index contributed by atoms with van der Waals surface area (Å²) in [6, 6.07) is 17.5. The molecule has 1 fully saturated rings. The number of carbonyl (C=O) groups excluding carboxylic acids is 3. The van der Waals surface area contributed by atoms with Gasteiger partial charge in [0.15, 0.2) is 0 Å². The normalized spacial score (nSPS) is 14.4. The number of hydrogen-bond acceptors (Lipinski definition) is 5. The van der Waals surface area contributed by atoms with E-state index in [0.717, 1.165) is 16.0 Å². The van der Waals surface area contributed by atoms with Gasteiger partial charge in [-0.2, -0.15) is 0 Å². The highest BCUT2D eigenvalue weighted by atomic mass is 16.6. The average Bonchev–Trinajstić information content (AvgIpc) is 3.13. The van der Waals surface area contributed by atoms with Crippen molar-refractivity contribution in [2.24, 2.45) is 0 Å². The maximum atomic E-state index is 12.7. The Bertz CT molecular complexity index is 795. The predicted molar refractivity (Wildman–Crippen MR) is 96.8 cm³/mol. The Morgan fingerprint density at radius 3 is 2.26 bits per heavy atom. The summed E-state index contributed by atoms with van der Waals surface area (Å²) in [6.45, 7) is 0.412. The number of nitrogens with zero attached hydrogens (tertiary/aromatic N) is 1. The lowest BCUT2D eigenvalue weighted by molar-refractivity contribution is -0.129. The highest BCUT2D eigenvalue weighted by Crippen LogP contribution is 2.11. The lowest BCUT2D eigenvalue weighted by atomic mass is 10.1. The fraction of sp³-hybridized carbons (Fsp3) is 0.250. The van der Waals surface area contributed by atoms with Gasteiger partial charge in [0.05, 0.1) is 6.54 Å². The Morgan fingerprint density at radius 2 is 1.67 bits per heavy atom. The van der Waals surface area contributed by atoms with Crippen molar-refractivity contribution in [2.75, 3.05) is 13.2 Å². The Balaban J connectivity index is 1.66. The van der Waals surface area contributed by atoms with Gasteiger partial charge in [0, 0.05) is 6.42 Å². The Labute approximate surface area is 156 Å². The molecule has 1 heterocycles. The fourth-order valence-corrected chi connectivity index (χ4v) is 2.74. The molecule has 1 N–H and O–H groups in total. The van der Waals surface area contributed by atoms with E-state index in [4.69, 9.17) is 9.47 Å². The predicted octanol–water partition coefficient (Wildman–Crippen LogP) is 2.50. The zero-order valence-corrected chi connectivity index (χ0v) is 14.7. The molecule has 7 nitrogen and oxygen atoms in total. The third-order valence-corrected chi connectivity index (χ3v) is 4.11. The van der Waals surface area contributed by atoms with E-state index >= 15 is 0 Å². The van der Waals surface area contributed by atoms with Crippen molar-refractivity contribution in [3.05, 3.63) is 71.8 Å². The van der Waals surface area contributed by atoms with Crippen molar-refractivity contribution in [2.45, 2.75) is 19.1 Å². The second-order valence-electron chi connectivity index (χ2n) is 6.05. The first-order valence-corrected chi connectivity index (χ1v) is 8.63. The van der Waals surface area contributed by atoms with Crippen LogP contribution >= 0.6 is 0 Å². The summed E-state index contributed by atoms with van der Waals surface area (Å²) in [6.07, 6.45) is -1.18. The summed E-state index contributed by atoms with van der Waals surface area (Å²) in [5.41, 5.74) is 1.69. The summed E-state index contributed by atoms with van der Waals surface area (Å²) >= 11 is 0. The van der Waals surface area contributed by atoms with Crippen molar-refractivity contribution in [1.29, 1.82) is 0 Å². The molecule has 3 rings (SSSR count). The van der Waals surface area contributed by atoms with E-state index in [1.54, 1.807) is 0 Å². The van der Waals surface area contributed by atoms with Crippen LogP contribution in [0.25, 0.3) is 0 Å². The largest absolute Gasteiger partial charge is 0.447 e. The molecule has 1 atom stereocenters. The summed E-state index contributed by atoms with van der Waals surface area (Å²) < 4.78 is 10.0. The van der Waals surface area contributed by atoms with Crippen molar-refractivity contribution >= 4 is 18.1 Å². The molecule has 1 aliphatic heterocycles. The maximum absolute atomic E-state index is 12.7. The standard InChI is InChI=1S/C20H20N2O5/c23-18(22-11-12-26-20(22)25)17(13-15-7-3-1-4-8-15)21-19(24)27-14-16-9-5-2-6-10-16/h1-10,17H,11-14H2,(H,21,24)/t17-/m0/s1. The summed E-state index contributed by atoms with van der Waals surface area (Å²) in [7, 11) is 0. The van der Waals surface area contributed by atoms with Gasteiger partial charge in [0.2, 0.25) is 0 Å². The number of ether oxygens (including phenoxy) is 2. The first kappa shape index (κ1) is 18.4. The highest BCUT2D eigenvalue weighted by molar-refractivity contribution is 5.97. The van der Waals surface area contributed by atoms with E-state index < -0.39 is 24.1 Å². The van der Waals surface area contributed by atoms with E-state index in [0.29, 0.717) is 0 Å². The smallest absolute Gasteiger partial charge is 0.416 e. The lowest BCUT2D eigenvalue weighted by Gasteiger charge is -2.21. The Hall–Kier alpha value is -3.35. The van der Waals surface area contributed by atoms with Crippen LogP contribution in [-0.4, -0.2) is 42.2 Å². The minimum atomic E-state index is -0.929. The van der Waals surface area contributed by atoms with Crippen LogP contribution < -0.4 is 5.32 Å². The molecule has 2 aromatic rings. The van der Waals surface area contributed by atoms with E-state index in [1.807, 2.05) is 60.7 Å². The maximum Gasteiger partial charge on any atom is 0.416 e. The lowest BCUT2D eigenvalue weighted by Crippen LogP contribution is -2.50. The molecular weight excluding hydrogens is 348 g/mol. The summed E-state index contributed by atoms with van der Waals surface area (Å²) in [5.74, 6) is -0.516. The van der Waals surface area contributed by atoms with E-state index in [2.05, 4.69) is 5.32 Å². The topological polar surface area (TPSA) is 84.9 Å². The number of amides is 3. The number of alkyl carbamates (subject to hydrolysis) is 1. The molecular formula is C20H20N2O5. The minimum absolute atomic E-state index is 0.0880. The molecule has 3 amide bonds. The van der Waals surface area contributed by atoms with Gasteiger partial charge in [-0.15, -0.1) is 0 Å². The molecule has 27 heavy (non-hydrogen) atoms. The quantitative estimate of drug-likeness (QED) is 0.847. The Morgan fingerprint density at radius 1 is 1.04 bits per heavy atom. The van der Waals surface area contributed by atoms with Gasteiger partial charge in [-0.05, 0) is 11.1 Å². The number of rotatable bonds is 6. The van der Waals surface area contributed by atoms with E-state index in [9.17, 15) is 14.4 Å². The number of cyclic esters (lactones) is 1. The second kappa shape index (κ2) is 8.84. The zero-order valence-electron chi connectivity index (χ0n) is 14.7. The first-order valence-electron chi connectivity index (χ1n) is 8.63. The highest BCUT2D eigenvalue weighted by Gasteiger charge is 2.34. The fourth-order valence-electron chi connectivity index (χ4n) is 2.74. The molecule has 1 aliphatic rings. The van der Waals surface area contributed by atoms with Crippen molar-refractivity contribution in [3.63, 3.8) is 0 Å².